The summed E-state index contributed by atoms with van der Waals surface area (Å²) in [6.45, 7) is 0. The highest BCUT2D eigenvalue weighted by molar-refractivity contribution is 5.39. The summed E-state index contributed by atoms with van der Waals surface area (Å²) in [4.78, 5) is 2.58. The summed E-state index contributed by atoms with van der Waals surface area (Å²) in [5, 5.41) is 8.67. The van der Waals surface area contributed by atoms with Crippen molar-refractivity contribution in [3.63, 3.8) is 0 Å². The molecule has 0 spiro atoms. The van der Waals surface area contributed by atoms with E-state index in [0.29, 0.717) is 0 Å². The van der Waals surface area contributed by atoms with E-state index < -0.39 is 35.4 Å². The second-order valence-electron chi connectivity index (χ2n) is 2.53. The van der Waals surface area contributed by atoms with Crippen LogP contribution >= 0.6 is 0 Å². The van der Waals surface area contributed by atoms with E-state index in [1.165, 1.54) is 0 Å². The molecule has 1 heterocycles. The molecule has 1 aromatic rings. The smallest absolute Gasteiger partial charge is 0.420 e. The highest BCUT2D eigenvalue weighted by Crippen LogP contribution is 2.41. The van der Waals surface area contributed by atoms with Gasteiger partial charge < -0.3 is 5.11 Å². The number of pyridine rings is 1. The number of rotatable bonds is 1. The molecule has 15 heavy (non-hydrogen) atoms. The fraction of sp³-hybridized carbons (Fsp3) is 0.286. The first-order chi connectivity index (χ1) is 6.75. The highest BCUT2D eigenvalue weighted by atomic mass is 19.4. The molecule has 0 radical (unpaired) electrons. The Labute approximate surface area is 79.2 Å². The molecule has 0 saturated heterocycles. The van der Waals surface area contributed by atoms with Crippen molar-refractivity contribution in [2.45, 2.75) is 12.6 Å². The number of hydrogen-bond acceptors (Lipinski definition) is 2. The van der Waals surface area contributed by atoms with Crippen molar-refractivity contribution in [1.82, 2.24) is 4.98 Å². The van der Waals surface area contributed by atoms with Gasteiger partial charge >= 0.3 is 6.18 Å². The van der Waals surface area contributed by atoms with Crippen LogP contribution in [-0.2, 0) is 6.18 Å². The summed E-state index contributed by atoms with van der Waals surface area (Å²) in [5.74, 6) is -3.76. The van der Waals surface area contributed by atoms with Crippen molar-refractivity contribution in [3.05, 3.63) is 23.3 Å². The molecule has 0 saturated carbocycles. The summed E-state index contributed by atoms with van der Waals surface area (Å²) >= 11 is 0. The van der Waals surface area contributed by atoms with Crippen molar-refractivity contribution in [1.29, 1.82) is 0 Å². The van der Waals surface area contributed by atoms with Crippen molar-refractivity contribution in [3.8, 4) is 5.75 Å². The molecule has 0 aliphatic rings. The van der Waals surface area contributed by atoms with Gasteiger partial charge in [-0.1, -0.05) is 0 Å². The second-order valence-corrected chi connectivity index (χ2v) is 2.53. The molecule has 1 N–H and O–H groups in total. The molecule has 0 fully saturated rings. The molecule has 1 rings (SSSR count). The maximum Gasteiger partial charge on any atom is 0.420 e. The Bertz CT molecular complexity index is 374. The van der Waals surface area contributed by atoms with Gasteiger partial charge in [-0.25, -0.2) is 13.8 Å². The summed E-state index contributed by atoms with van der Waals surface area (Å²) < 4.78 is 73.1. The molecule has 8 heteroatoms. The van der Waals surface area contributed by atoms with Crippen LogP contribution in [0.3, 0.4) is 0 Å². The second kappa shape index (κ2) is 3.59. The standard InChI is InChI=1S/C7H3F6NO/c8-5(9)2-1-14-6(10)4(15)3(2)7(11,12)13/h1,5,15H. The summed E-state index contributed by atoms with van der Waals surface area (Å²) in [5.41, 5.74) is -3.65. The SMILES string of the molecule is Oc1c(F)ncc(C(F)F)c1C(F)(F)F. The van der Waals surface area contributed by atoms with E-state index in [2.05, 4.69) is 4.98 Å². The third kappa shape index (κ3) is 2.13. The van der Waals surface area contributed by atoms with Crippen molar-refractivity contribution in [2.75, 3.05) is 0 Å². The van der Waals surface area contributed by atoms with Gasteiger partial charge in [0.15, 0.2) is 5.75 Å². The van der Waals surface area contributed by atoms with Crippen molar-refractivity contribution >= 4 is 0 Å². The lowest BCUT2D eigenvalue weighted by atomic mass is 10.1. The first-order valence-corrected chi connectivity index (χ1v) is 3.48. The van der Waals surface area contributed by atoms with Crippen LogP contribution in [0.15, 0.2) is 6.20 Å². The molecule has 1 aromatic heterocycles. The van der Waals surface area contributed by atoms with E-state index in [4.69, 9.17) is 5.11 Å². The molecule has 0 bridgehead atoms. The monoisotopic (exact) mass is 231 g/mol. The minimum absolute atomic E-state index is 0.0442. The molecule has 2 nitrogen and oxygen atoms in total. The van der Waals surface area contributed by atoms with Crippen LogP contribution in [-0.4, -0.2) is 10.1 Å². The Hall–Kier alpha value is -1.47. The normalized spacial score (nSPS) is 12.2. The fourth-order valence-electron chi connectivity index (χ4n) is 0.955. The number of halogens is 6. The van der Waals surface area contributed by atoms with E-state index in [1.807, 2.05) is 0 Å². The van der Waals surface area contributed by atoms with E-state index >= 15 is 0 Å². The predicted octanol–water partition coefficient (Wildman–Crippen LogP) is 2.88. The lowest BCUT2D eigenvalue weighted by Crippen LogP contribution is -2.11. The number of hydrogen-bond donors (Lipinski definition) is 1. The minimum Gasteiger partial charge on any atom is -0.503 e. The van der Waals surface area contributed by atoms with Gasteiger partial charge in [0, 0.05) is 6.20 Å². The van der Waals surface area contributed by atoms with E-state index in [0.717, 1.165) is 0 Å². The van der Waals surface area contributed by atoms with Gasteiger partial charge in [0.05, 0.1) is 5.56 Å². The van der Waals surface area contributed by atoms with Crippen LogP contribution in [0.4, 0.5) is 26.3 Å². The van der Waals surface area contributed by atoms with Crippen LogP contribution in [0, 0.1) is 5.95 Å². The fourth-order valence-corrected chi connectivity index (χ4v) is 0.955. The summed E-state index contributed by atoms with van der Waals surface area (Å²) in [6, 6.07) is 0. The van der Waals surface area contributed by atoms with Gasteiger partial charge in [-0.05, 0) is 0 Å². The van der Waals surface area contributed by atoms with Crippen LogP contribution in [0.25, 0.3) is 0 Å². The third-order valence-electron chi connectivity index (χ3n) is 1.56. The van der Waals surface area contributed by atoms with Gasteiger partial charge in [-0.3, -0.25) is 0 Å². The van der Waals surface area contributed by atoms with E-state index in [-0.39, 0.29) is 6.20 Å². The van der Waals surface area contributed by atoms with Gasteiger partial charge in [-0.2, -0.15) is 17.6 Å². The molecular formula is C7H3F6NO. The average Bonchev–Trinajstić information content (AvgIpc) is 2.06. The van der Waals surface area contributed by atoms with Crippen LogP contribution in [0.1, 0.15) is 17.6 Å². The van der Waals surface area contributed by atoms with Gasteiger partial charge in [-0.15, -0.1) is 0 Å². The van der Waals surface area contributed by atoms with Crippen LogP contribution in [0.5, 0.6) is 5.75 Å². The van der Waals surface area contributed by atoms with Crippen LogP contribution in [0.2, 0.25) is 0 Å². The van der Waals surface area contributed by atoms with Gasteiger partial charge in [0.2, 0.25) is 0 Å². The topological polar surface area (TPSA) is 33.1 Å². The molecule has 0 amide bonds. The first kappa shape index (κ1) is 11.6. The number of nitrogens with zero attached hydrogens (tertiary/aromatic N) is 1. The quantitative estimate of drug-likeness (QED) is 0.595. The third-order valence-corrected chi connectivity index (χ3v) is 1.56. The lowest BCUT2D eigenvalue weighted by Gasteiger charge is -2.13. The van der Waals surface area contributed by atoms with Crippen molar-refractivity contribution < 1.29 is 31.4 Å². The molecular weight excluding hydrogens is 228 g/mol. The molecule has 0 aromatic carbocycles. The zero-order valence-electron chi connectivity index (χ0n) is 6.82. The first-order valence-electron chi connectivity index (χ1n) is 3.48. The summed E-state index contributed by atoms with van der Waals surface area (Å²) in [7, 11) is 0. The zero-order chi connectivity index (χ0) is 11.8. The highest BCUT2D eigenvalue weighted by Gasteiger charge is 2.40. The largest absolute Gasteiger partial charge is 0.503 e. The minimum atomic E-state index is -5.26. The number of aromatic nitrogens is 1. The molecule has 0 atom stereocenters. The molecule has 0 aliphatic heterocycles. The Morgan fingerprint density at radius 2 is 1.80 bits per heavy atom. The predicted molar refractivity (Wildman–Crippen MR) is 35.8 cm³/mol. The zero-order valence-corrected chi connectivity index (χ0v) is 6.82. The molecule has 0 aliphatic carbocycles. The van der Waals surface area contributed by atoms with Gasteiger partial charge in [0.1, 0.15) is 5.56 Å². The van der Waals surface area contributed by atoms with Crippen molar-refractivity contribution in [2.24, 2.45) is 0 Å². The average molecular weight is 231 g/mol. The van der Waals surface area contributed by atoms with E-state index in [1.54, 1.807) is 0 Å². The van der Waals surface area contributed by atoms with Crippen LogP contribution < -0.4 is 0 Å². The Kier molecular flexibility index (Phi) is 2.78. The van der Waals surface area contributed by atoms with Gasteiger partial charge in [0.25, 0.3) is 12.4 Å². The maximum absolute atomic E-state index is 12.4. The molecule has 84 valence electrons. The number of aromatic hydroxyl groups is 1. The Balaban J connectivity index is 3.49. The Morgan fingerprint density at radius 3 is 2.20 bits per heavy atom. The summed E-state index contributed by atoms with van der Waals surface area (Å²) in [6.07, 6.45) is -8.72. The molecule has 0 unspecified atom stereocenters. The van der Waals surface area contributed by atoms with E-state index in [9.17, 15) is 26.3 Å². The lowest BCUT2D eigenvalue weighted by molar-refractivity contribution is -0.141. The Morgan fingerprint density at radius 1 is 1.27 bits per heavy atom. The number of alkyl halides is 5. The maximum atomic E-state index is 12.4.